The molecule has 1 aliphatic rings. The Morgan fingerprint density at radius 1 is 0.897 bits per heavy atom. The zero-order valence-electron chi connectivity index (χ0n) is 22.0. The van der Waals surface area contributed by atoms with Crippen molar-refractivity contribution in [3.63, 3.8) is 0 Å². The Morgan fingerprint density at radius 3 is 2.26 bits per heavy atom. The average Bonchev–Trinajstić information content (AvgIpc) is 2.96. The van der Waals surface area contributed by atoms with Crippen LogP contribution in [0.2, 0.25) is 0 Å². The summed E-state index contributed by atoms with van der Waals surface area (Å²) in [6, 6.07) is 11.4. The highest BCUT2D eigenvalue weighted by molar-refractivity contribution is 5.81. The van der Waals surface area contributed by atoms with Crippen LogP contribution in [0.3, 0.4) is 0 Å². The molecule has 0 bridgehead atoms. The molecule has 0 aliphatic heterocycles. The Labute approximate surface area is 228 Å². The van der Waals surface area contributed by atoms with E-state index in [1.165, 1.54) is 24.3 Å². The molecule has 0 spiro atoms. The third kappa shape index (κ3) is 10.4. The Balaban J connectivity index is 1.25. The van der Waals surface area contributed by atoms with Crippen molar-refractivity contribution in [2.75, 3.05) is 19.8 Å². The third-order valence-corrected chi connectivity index (χ3v) is 6.53. The number of phenols is 1. The Bertz CT molecular complexity index is 1070. The molecule has 0 aromatic heterocycles. The summed E-state index contributed by atoms with van der Waals surface area (Å²) in [4.78, 5) is 45.3. The van der Waals surface area contributed by atoms with Gasteiger partial charge in [-0.3, -0.25) is 9.59 Å². The predicted octanol–water partition coefficient (Wildman–Crippen LogP) is 5.60. The molecule has 1 saturated carbocycles. The minimum absolute atomic E-state index is 0.0808. The number of carbonyl (C=O) groups excluding carboxylic acids is 3. The van der Waals surface area contributed by atoms with Crippen LogP contribution in [0.25, 0.3) is 0 Å². The Hall–Kier alpha value is -3.85. The number of benzene rings is 2. The average molecular weight is 541 g/mol. The van der Waals surface area contributed by atoms with Crippen LogP contribution >= 0.6 is 0 Å². The molecule has 0 atom stereocenters. The van der Waals surface area contributed by atoms with Crippen LogP contribution in [0.5, 0.6) is 23.0 Å². The van der Waals surface area contributed by atoms with Crippen molar-refractivity contribution in [3.05, 3.63) is 60.7 Å². The van der Waals surface area contributed by atoms with Gasteiger partial charge < -0.3 is 24.2 Å². The van der Waals surface area contributed by atoms with Gasteiger partial charge in [-0.15, -0.1) is 0 Å². The lowest BCUT2D eigenvalue weighted by Crippen LogP contribution is -2.27. The summed E-state index contributed by atoms with van der Waals surface area (Å²) in [5.41, 5.74) is 0.0808. The molecule has 1 aliphatic carbocycles. The number of rotatable bonds is 16. The van der Waals surface area contributed by atoms with Gasteiger partial charge in [-0.05, 0) is 99.7 Å². The van der Waals surface area contributed by atoms with Gasteiger partial charge >= 0.3 is 11.9 Å². The van der Waals surface area contributed by atoms with E-state index in [9.17, 15) is 19.5 Å². The van der Waals surface area contributed by atoms with Crippen molar-refractivity contribution >= 4 is 18.2 Å². The first-order valence-electron chi connectivity index (χ1n) is 13.3. The fourth-order valence-corrected chi connectivity index (χ4v) is 4.22. The molecule has 39 heavy (non-hydrogen) atoms. The number of aldehydes is 1. The quantitative estimate of drug-likeness (QED) is 0.0552. The van der Waals surface area contributed by atoms with E-state index in [-0.39, 0.29) is 40.8 Å². The summed E-state index contributed by atoms with van der Waals surface area (Å²) in [5.74, 6) is 0.772. The lowest BCUT2D eigenvalue weighted by atomic mass is 9.82. The molecule has 0 amide bonds. The second-order valence-corrected chi connectivity index (χ2v) is 9.45. The second kappa shape index (κ2) is 16.2. The topological polar surface area (TPSA) is 118 Å². The van der Waals surface area contributed by atoms with Crippen molar-refractivity contribution in [1.82, 2.24) is 0 Å². The maximum atomic E-state index is 12.5. The number of hydrogen-bond acceptors (Lipinski definition) is 9. The number of phenolic OH excluding ortho intramolecular Hbond substituents is 1. The molecule has 3 rings (SSSR count). The third-order valence-electron chi connectivity index (χ3n) is 6.53. The van der Waals surface area contributed by atoms with E-state index in [1.54, 1.807) is 12.1 Å². The Morgan fingerprint density at radius 2 is 1.56 bits per heavy atom. The summed E-state index contributed by atoms with van der Waals surface area (Å²) in [7, 11) is 0. The minimum atomic E-state index is -0.386. The van der Waals surface area contributed by atoms with E-state index in [0.717, 1.165) is 44.3 Å². The van der Waals surface area contributed by atoms with Crippen molar-refractivity contribution < 1.29 is 43.5 Å². The second-order valence-electron chi connectivity index (χ2n) is 9.45. The minimum Gasteiger partial charge on any atom is -0.507 e. The highest BCUT2D eigenvalue weighted by Gasteiger charge is 2.28. The fraction of sp³-hybridized carbons (Fsp3) is 0.433. The van der Waals surface area contributed by atoms with Crippen LogP contribution < -0.4 is 14.4 Å². The van der Waals surface area contributed by atoms with Gasteiger partial charge in [0.05, 0.1) is 31.3 Å². The summed E-state index contributed by atoms with van der Waals surface area (Å²) < 4.78 is 16.1. The predicted molar refractivity (Wildman–Crippen MR) is 143 cm³/mol. The Kier molecular flexibility index (Phi) is 12.3. The molecular formula is C30H36O9. The summed E-state index contributed by atoms with van der Waals surface area (Å²) >= 11 is 0. The number of unbranched alkanes of at least 4 members (excludes halogenated alkanes) is 3. The largest absolute Gasteiger partial charge is 0.507 e. The van der Waals surface area contributed by atoms with Crippen molar-refractivity contribution in [1.29, 1.82) is 0 Å². The number of esters is 2. The van der Waals surface area contributed by atoms with E-state index < -0.39 is 0 Å². The lowest BCUT2D eigenvalue weighted by molar-refractivity contribution is -0.218. The molecule has 0 unspecified atom stereocenters. The molecule has 9 heteroatoms. The van der Waals surface area contributed by atoms with Gasteiger partial charge in [-0.25, -0.2) is 4.79 Å². The first-order valence-corrected chi connectivity index (χ1v) is 13.3. The maximum absolute atomic E-state index is 12.5. The molecule has 2 aromatic rings. The monoisotopic (exact) mass is 540 g/mol. The number of hydrogen-bond donors (Lipinski definition) is 1. The van der Waals surface area contributed by atoms with Crippen LogP contribution in [0.1, 0.15) is 61.7 Å². The standard InChI is InChI=1S/C30H36O9/c1-2-29(33)36-18-6-4-3-5-17-35-25-11-13-26(14-12-25)39-37-21-22-7-9-23(10-8-22)30(34)38-27-15-16-28(32)24(19-27)20-31/h2,11-16,19-20,22-23,32H,1,3-10,17-18,21H2. The SMILES string of the molecule is C=CC(=O)OCCCCCCOc1ccc(OOCC2CCC(C(=O)Oc3ccc(O)c(C=O)c3)CC2)cc1. The highest BCUT2D eigenvalue weighted by Crippen LogP contribution is 2.31. The summed E-state index contributed by atoms with van der Waals surface area (Å²) in [6.45, 7) is 4.80. The normalized spacial score (nSPS) is 16.6. The van der Waals surface area contributed by atoms with Crippen molar-refractivity contribution in [3.8, 4) is 23.0 Å². The van der Waals surface area contributed by atoms with E-state index in [1.807, 2.05) is 12.1 Å². The van der Waals surface area contributed by atoms with Gasteiger partial charge in [0.25, 0.3) is 0 Å². The zero-order chi connectivity index (χ0) is 27.9. The van der Waals surface area contributed by atoms with Crippen LogP contribution in [0.15, 0.2) is 55.1 Å². The lowest BCUT2D eigenvalue weighted by Gasteiger charge is -2.26. The van der Waals surface area contributed by atoms with Gasteiger partial charge in [0.1, 0.15) is 17.2 Å². The molecule has 0 saturated heterocycles. The highest BCUT2D eigenvalue weighted by atomic mass is 17.2. The van der Waals surface area contributed by atoms with Gasteiger partial charge in [0, 0.05) is 6.08 Å². The van der Waals surface area contributed by atoms with Gasteiger partial charge in [-0.1, -0.05) is 6.58 Å². The number of ether oxygens (including phenoxy) is 3. The van der Waals surface area contributed by atoms with Crippen LogP contribution in [-0.4, -0.2) is 43.2 Å². The van der Waals surface area contributed by atoms with Crippen LogP contribution in [-0.2, 0) is 19.2 Å². The zero-order valence-corrected chi connectivity index (χ0v) is 22.0. The number of aromatic hydroxyl groups is 1. The van der Waals surface area contributed by atoms with E-state index in [4.69, 9.17) is 24.0 Å². The molecule has 1 fully saturated rings. The first kappa shape index (κ1) is 29.7. The molecular weight excluding hydrogens is 504 g/mol. The summed E-state index contributed by atoms with van der Waals surface area (Å²) in [5, 5.41) is 9.58. The van der Waals surface area contributed by atoms with Crippen LogP contribution in [0, 0.1) is 11.8 Å². The summed E-state index contributed by atoms with van der Waals surface area (Å²) in [6.07, 6.45) is 8.36. The van der Waals surface area contributed by atoms with Gasteiger partial charge in [-0.2, -0.15) is 4.89 Å². The fourth-order valence-electron chi connectivity index (χ4n) is 4.22. The maximum Gasteiger partial charge on any atom is 0.330 e. The molecule has 9 nitrogen and oxygen atoms in total. The molecule has 1 N–H and O–H groups in total. The molecule has 0 heterocycles. The first-order chi connectivity index (χ1) is 19.0. The smallest absolute Gasteiger partial charge is 0.330 e. The van der Waals surface area contributed by atoms with E-state index in [2.05, 4.69) is 6.58 Å². The van der Waals surface area contributed by atoms with E-state index in [0.29, 0.717) is 44.7 Å². The molecule has 2 aromatic carbocycles. The number of carbonyl (C=O) groups is 3. The van der Waals surface area contributed by atoms with Gasteiger partial charge in [0.2, 0.25) is 0 Å². The van der Waals surface area contributed by atoms with Crippen molar-refractivity contribution in [2.24, 2.45) is 11.8 Å². The van der Waals surface area contributed by atoms with Gasteiger partial charge in [0.15, 0.2) is 12.0 Å². The van der Waals surface area contributed by atoms with E-state index >= 15 is 0 Å². The molecule has 210 valence electrons. The molecule has 0 radical (unpaired) electrons. The van der Waals surface area contributed by atoms with Crippen LogP contribution in [0.4, 0.5) is 0 Å². The van der Waals surface area contributed by atoms with Crippen molar-refractivity contribution in [2.45, 2.75) is 51.4 Å².